The average molecular weight is 376 g/mol. The van der Waals surface area contributed by atoms with Crippen LogP contribution < -0.4 is 4.74 Å². The highest BCUT2D eigenvalue weighted by atomic mass is 16.5. The van der Waals surface area contributed by atoms with E-state index in [1.54, 1.807) is 0 Å². The molecule has 1 unspecified atom stereocenters. The summed E-state index contributed by atoms with van der Waals surface area (Å²) in [5.41, 5.74) is 2.27. The number of carbonyl (C=O) groups is 1. The number of carbonyl (C=O) groups excluding carboxylic acids is 1. The van der Waals surface area contributed by atoms with Crippen LogP contribution in [-0.2, 0) is 4.74 Å². The molecule has 1 aliphatic rings. The monoisotopic (exact) mass is 376 g/mol. The van der Waals surface area contributed by atoms with E-state index in [0.29, 0.717) is 23.8 Å². The van der Waals surface area contributed by atoms with Gasteiger partial charge in [0, 0.05) is 23.6 Å². The van der Waals surface area contributed by atoms with Gasteiger partial charge in [-0.15, -0.1) is 0 Å². The van der Waals surface area contributed by atoms with Gasteiger partial charge in [-0.2, -0.15) is 5.26 Å². The molecule has 0 amide bonds. The quantitative estimate of drug-likeness (QED) is 0.404. The summed E-state index contributed by atoms with van der Waals surface area (Å²) >= 11 is 0. The minimum absolute atomic E-state index is 0.295. The topological polar surface area (TPSA) is 63.7 Å². The highest BCUT2D eigenvalue weighted by molar-refractivity contribution is 6.11. The van der Waals surface area contributed by atoms with Crippen molar-refractivity contribution in [2.75, 3.05) is 6.61 Å². The lowest BCUT2D eigenvalue weighted by Crippen LogP contribution is -2.16. The van der Waals surface area contributed by atoms with Gasteiger partial charge >= 0.3 is 5.97 Å². The van der Waals surface area contributed by atoms with Crippen LogP contribution in [0.2, 0.25) is 0 Å². The number of rotatable bonds is 8. The number of ether oxygens (including phenoxy) is 2. The van der Waals surface area contributed by atoms with Crippen LogP contribution in [0.5, 0.6) is 5.75 Å². The first-order valence-electron chi connectivity index (χ1n) is 9.99. The molecule has 3 aromatic rings. The SMILES string of the molecule is CCCCCOC(=O)c1c2ccc(OC(C#N)C3CC3)cc2n2ccccc12. The van der Waals surface area contributed by atoms with Crippen LogP contribution in [-0.4, -0.2) is 23.1 Å². The minimum Gasteiger partial charge on any atom is -0.475 e. The van der Waals surface area contributed by atoms with Gasteiger partial charge in [-0.05, 0) is 43.5 Å². The maximum atomic E-state index is 12.8. The number of hydrogen-bond acceptors (Lipinski definition) is 4. The van der Waals surface area contributed by atoms with Gasteiger partial charge in [0.1, 0.15) is 11.8 Å². The van der Waals surface area contributed by atoms with Crippen molar-refractivity contribution in [2.24, 2.45) is 5.92 Å². The Morgan fingerprint density at radius 3 is 2.86 bits per heavy atom. The first-order valence-corrected chi connectivity index (χ1v) is 9.99. The molecule has 0 bridgehead atoms. The summed E-state index contributed by atoms with van der Waals surface area (Å²) in [6, 6.07) is 13.6. The Kier molecular flexibility index (Phi) is 5.21. The van der Waals surface area contributed by atoms with E-state index in [1.165, 1.54) is 0 Å². The number of aromatic nitrogens is 1. The van der Waals surface area contributed by atoms with Crippen molar-refractivity contribution in [2.45, 2.75) is 45.1 Å². The van der Waals surface area contributed by atoms with Gasteiger partial charge in [-0.3, -0.25) is 0 Å². The fraction of sp³-hybridized carbons (Fsp3) is 0.391. The molecule has 1 aliphatic carbocycles. The third-order valence-corrected chi connectivity index (χ3v) is 5.24. The van der Waals surface area contributed by atoms with Crippen LogP contribution in [0.4, 0.5) is 0 Å². The fourth-order valence-electron chi connectivity index (χ4n) is 3.57. The third kappa shape index (κ3) is 3.55. The molecule has 4 rings (SSSR count). The summed E-state index contributed by atoms with van der Waals surface area (Å²) in [4.78, 5) is 12.8. The van der Waals surface area contributed by atoms with E-state index < -0.39 is 6.10 Å². The van der Waals surface area contributed by atoms with Crippen LogP contribution in [0.15, 0.2) is 42.6 Å². The van der Waals surface area contributed by atoms with Gasteiger partial charge in [-0.25, -0.2) is 4.79 Å². The number of unbranched alkanes of at least 4 members (excludes halogenated alkanes) is 2. The van der Waals surface area contributed by atoms with Crippen molar-refractivity contribution < 1.29 is 14.3 Å². The summed E-state index contributed by atoms with van der Waals surface area (Å²) in [7, 11) is 0. The molecule has 1 saturated carbocycles. The molecule has 1 atom stereocenters. The Morgan fingerprint density at radius 1 is 1.25 bits per heavy atom. The van der Waals surface area contributed by atoms with Gasteiger partial charge in [0.2, 0.25) is 0 Å². The van der Waals surface area contributed by atoms with Crippen molar-refractivity contribution in [3.8, 4) is 11.8 Å². The summed E-state index contributed by atoms with van der Waals surface area (Å²) in [5, 5.41) is 10.2. The highest BCUT2D eigenvalue weighted by Gasteiger charge is 2.33. The first kappa shape index (κ1) is 18.4. The maximum Gasteiger partial charge on any atom is 0.340 e. The number of nitrogens with zero attached hydrogens (tertiary/aromatic N) is 2. The van der Waals surface area contributed by atoms with Crippen molar-refractivity contribution >= 4 is 22.4 Å². The Balaban J connectivity index is 1.69. The van der Waals surface area contributed by atoms with E-state index in [2.05, 4.69) is 13.0 Å². The lowest BCUT2D eigenvalue weighted by molar-refractivity contribution is 0.0502. The molecule has 0 radical (unpaired) electrons. The van der Waals surface area contributed by atoms with E-state index in [1.807, 2.05) is 47.0 Å². The predicted octanol–water partition coefficient (Wildman–Crippen LogP) is 5.12. The molecular weight excluding hydrogens is 352 g/mol. The Bertz CT molecular complexity index is 1040. The molecule has 5 heteroatoms. The summed E-state index contributed by atoms with van der Waals surface area (Å²) < 4.78 is 13.4. The largest absolute Gasteiger partial charge is 0.475 e. The van der Waals surface area contributed by atoms with Gasteiger partial charge < -0.3 is 13.9 Å². The number of hydrogen-bond donors (Lipinski definition) is 0. The second-order valence-electron chi connectivity index (χ2n) is 7.36. The molecule has 0 saturated heterocycles. The smallest absolute Gasteiger partial charge is 0.340 e. The van der Waals surface area contributed by atoms with Crippen LogP contribution >= 0.6 is 0 Å². The van der Waals surface area contributed by atoms with Gasteiger partial charge in [-0.1, -0.05) is 25.8 Å². The van der Waals surface area contributed by atoms with Crippen LogP contribution in [0, 0.1) is 17.2 Å². The molecule has 144 valence electrons. The maximum absolute atomic E-state index is 12.8. The zero-order chi connectivity index (χ0) is 19.5. The minimum atomic E-state index is -0.410. The van der Waals surface area contributed by atoms with Crippen molar-refractivity contribution in [1.82, 2.24) is 4.40 Å². The zero-order valence-corrected chi connectivity index (χ0v) is 16.1. The molecule has 0 spiro atoms. The van der Waals surface area contributed by atoms with Crippen molar-refractivity contribution in [3.05, 3.63) is 48.2 Å². The molecule has 2 aromatic heterocycles. The second kappa shape index (κ2) is 7.93. The van der Waals surface area contributed by atoms with Crippen molar-refractivity contribution in [3.63, 3.8) is 0 Å². The van der Waals surface area contributed by atoms with E-state index in [-0.39, 0.29) is 5.97 Å². The summed E-state index contributed by atoms with van der Waals surface area (Å²) in [5.74, 6) is 0.687. The summed E-state index contributed by atoms with van der Waals surface area (Å²) in [6.45, 7) is 2.56. The Hall–Kier alpha value is -3.00. The lowest BCUT2D eigenvalue weighted by atomic mass is 10.1. The molecule has 5 nitrogen and oxygen atoms in total. The Labute approximate surface area is 164 Å². The third-order valence-electron chi connectivity index (χ3n) is 5.24. The lowest BCUT2D eigenvalue weighted by Gasteiger charge is -2.11. The van der Waals surface area contributed by atoms with Crippen LogP contribution in [0.3, 0.4) is 0 Å². The number of nitriles is 1. The molecule has 0 N–H and O–H groups in total. The van der Waals surface area contributed by atoms with Gasteiger partial charge in [0.25, 0.3) is 0 Å². The fourth-order valence-corrected chi connectivity index (χ4v) is 3.57. The van der Waals surface area contributed by atoms with E-state index in [9.17, 15) is 10.1 Å². The number of pyridine rings is 1. The van der Waals surface area contributed by atoms with Crippen molar-refractivity contribution in [1.29, 1.82) is 5.26 Å². The molecule has 1 fully saturated rings. The highest BCUT2D eigenvalue weighted by Crippen LogP contribution is 2.36. The molecule has 2 heterocycles. The standard InChI is InChI=1S/C23H24N2O3/c1-2-3-6-13-27-23(26)22-18-11-10-17(28-21(15-24)16-8-9-16)14-20(18)25-12-5-4-7-19(22)25/h4-5,7,10-12,14,16,21H,2-3,6,8-9,13H2,1H3. The second-order valence-corrected chi connectivity index (χ2v) is 7.36. The molecular formula is C23H24N2O3. The number of esters is 1. The summed E-state index contributed by atoms with van der Waals surface area (Å²) in [6.07, 6.45) is 6.62. The van der Waals surface area contributed by atoms with Gasteiger partial charge in [0.15, 0.2) is 6.10 Å². The zero-order valence-electron chi connectivity index (χ0n) is 16.1. The number of fused-ring (bicyclic) bond motifs is 3. The van der Waals surface area contributed by atoms with Crippen LogP contribution in [0.1, 0.15) is 49.4 Å². The van der Waals surface area contributed by atoms with E-state index in [0.717, 1.165) is 48.5 Å². The van der Waals surface area contributed by atoms with Crippen LogP contribution in [0.25, 0.3) is 16.4 Å². The van der Waals surface area contributed by atoms with E-state index >= 15 is 0 Å². The number of benzene rings is 1. The molecule has 28 heavy (non-hydrogen) atoms. The van der Waals surface area contributed by atoms with Gasteiger partial charge in [0.05, 0.1) is 23.2 Å². The first-order chi connectivity index (χ1) is 13.7. The normalized spacial score (nSPS) is 14.7. The molecule has 0 aliphatic heterocycles. The van der Waals surface area contributed by atoms with E-state index in [4.69, 9.17) is 9.47 Å². The average Bonchev–Trinajstić information content (AvgIpc) is 3.51. The Morgan fingerprint density at radius 2 is 2.11 bits per heavy atom. The predicted molar refractivity (Wildman–Crippen MR) is 107 cm³/mol. The molecule has 1 aromatic carbocycles.